The number of halogens is 1. The van der Waals surface area contributed by atoms with Gasteiger partial charge in [-0.1, -0.05) is 48.1 Å². The van der Waals surface area contributed by atoms with Gasteiger partial charge in [-0.25, -0.2) is 9.78 Å². The zero-order valence-corrected chi connectivity index (χ0v) is 22.8. The van der Waals surface area contributed by atoms with Crippen LogP contribution in [0.3, 0.4) is 0 Å². The third-order valence-electron chi connectivity index (χ3n) is 6.97. The summed E-state index contributed by atoms with van der Waals surface area (Å²) in [6, 6.07) is 11.6. The molecule has 0 aliphatic carbocycles. The van der Waals surface area contributed by atoms with E-state index in [0.717, 1.165) is 11.3 Å². The summed E-state index contributed by atoms with van der Waals surface area (Å²) >= 11 is 7.14. The van der Waals surface area contributed by atoms with Gasteiger partial charge in [0.1, 0.15) is 10.5 Å². The van der Waals surface area contributed by atoms with E-state index in [0.29, 0.717) is 34.9 Å². The number of ether oxygens (including phenoxy) is 1. The number of nitrogens with zero attached hydrogens (tertiary/aromatic N) is 3. The molecule has 2 aliphatic heterocycles. The van der Waals surface area contributed by atoms with E-state index in [1.165, 1.54) is 17.0 Å². The fourth-order valence-electron chi connectivity index (χ4n) is 5.44. The summed E-state index contributed by atoms with van der Waals surface area (Å²) in [5, 5.41) is 0.539. The van der Waals surface area contributed by atoms with Crippen molar-refractivity contribution in [1.82, 2.24) is 4.98 Å². The van der Waals surface area contributed by atoms with Crippen LogP contribution >= 0.6 is 22.9 Å². The number of aromatic nitrogens is 1. The quantitative estimate of drug-likeness (QED) is 0.312. The van der Waals surface area contributed by atoms with Crippen LogP contribution in [0.2, 0.25) is 5.02 Å². The first-order valence-corrected chi connectivity index (χ1v) is 13.6. The molecule has 39 heavy (non-hydrogen) atoms. The van der Waals surface area contributed by atoms with Crippen molar-refractivity contribution in [3.63, 3.8) is 0 Å². The van der Waals surface area contributed by atoms with Crippen LogP contribution in [0.5, 0.6) is 0 Å². The third kappa shape index (κ3) is 3.34. The molecule has 1 spiro atoms. The maximum Gasteiger partial charge on any atom is 0.350 e. The van der Waals surface area contributed by atoms with Gasteiger partial charge in [0, 0.05) is 17.1 Å². The van der Waals surface area contributed by atoms with Gasteiger partial charge >= 0.3 is 5.97 Å². The predicted octanol–water partition coefficient (Wildman–Crippen LogP) is 5.05. The van der Waals surface area contributed by atoms with E-state index in [1.807, 2.05) is 6.92 Å². The SMILES string of the molecule is CCCN1C(=O)C2(c3ccccc31)c1c(oc3ccc(Cl)cc3c1=O)C(=O)N2c1nc(C)c(C(=O)OCC)s1. The number of amides is 2. The average Bonchev–Trinajstić information content (AvgIpc) is 3.50. The molecular formula is C28H22ClN3O6S. The molecule has 2 amide bonds. The molecule has 198 valence electrons. The summed E-state index contributed by atoms with van der Waals surface area (Å²) in [5.74, 6) is -2.01. The Morgan fingerprint density at radius 3 is 2.67 bits per heavy atom. The van der Waals surface area contributed by atoms with Crippen molar-refractivity contribution in [2.45, 2.75) is 32.7 Å². The summed E-state index contributed by atoms with van der Waals surface area (Å²) in [6.07, 6.45) is 0.641. The van der Waals surface area contributed by atoms with E-state index >= 15 is 0 Å². The number of rotatable bonds is 5. The first kappa shape index (κ1) is 25.3. The highest BCUT2D eigenvalue weighted by Gasteiger charge is 2.66. The molecular weight excluding hydrogens is 542 g/mol. The zero-order chi connectivity index (χ0) is 27.6. The standard InChI is InChI=1S/C28H22ClN3O6S/c1-4-12-31-18-9-7-6-8-17(18)28(26(31)36)20-21(33)16-13-15(29)10-11-19(16)38-22(20)24(34)32(28)27-30-14(3)23(39-27)25(35)37-5-2/h6-11,13H,4-5,12H2,1-3H3. The molecule has 6 rings (SSSR count). The Morgan fingerprint density at radius 1 is 1.15 bits per heavy atom. The van der Waals surface area contributed by atoms with Crippen molar-refractivity contribution in [2.24, 2.45) is 0 Å². The van der Waals surface area contributed by atoms with Crippen LogP contribution in [0.1, 0.15) is 57.3 Å². The lowest BCUT2D eigenvalue weighted by molar-refractivity contribution is -0.121. The number of benzene rings is 2. The number of esters is 1. The van der Waals surface area contributed by atoms with Gasteiger partial charge in [-0.05, 0) is 44.5 Å². The van der Waals surface area contributed by atoms with Crippen molar-refractivity contribution < 1.29 is 23.5 Å². The fourth-order valence-corrected chi connectivity index (χ4v) is 6.63. The number of thiazole rings is 1. The molecule has 0 bridgehead atoms. The Kier molecular flexibility index (Phi) is 5.85. The van der Waals surface area contributed by atoms with E-state index in [4.69, 9.17) is 20.8 Å². The second kappa shape index (κ2) is 9.03. The summed E-state index contributed by atoms with van der Waals surface area (Å²) in [5.41, 5.74) is -0.970. The summed E-state index contributed by atoms with van der Waals surface area (Å²) in [7, 11) is 0. The van der Waals surface area contributed by atoms with Crippen LogP contribution in [0.25, 0.3) is 11.0 Å². The van der Waals surface area contributed by atoms with Crippen molar-refractivity contribution in [2.75, 3.05) is 23.0 Å². The van der Waals surface area contributed by atoms with Crippen LogP contribution in [-0.4, -0.2) is 35.9 Å². The summed E-state index contributed by atoms with van der Waals surface area (Å²) < 4.78 is 11.2. The van der Waals surface area contributed by atoms with Crippen molar-refractivity contribution in [3.05, 3.63) is 85.2 Å². The molecule has 9 nitrogen and oxygen atoms in total. The lowest BCUT2D eigenvalue weighted by Crippen LogP contribution is -2.53. The molecule has 4 heterocycles. The van der Waals surface area contributed by atoms with Gasteiger partial charge in [0.2, 0.25) is 5.76 Å². The zero-order valence-electron chi connectivity index (χ0n) is 21.2. The number of carbonyl (C=O) groups is 3. The van der Waals surface area contributed by atoms with Crippen LogP contribution < -0.4 is 15.2 Å². The number of hydrogen-bond donors (Lipinski definition) is 0. The Hall–Kier alpha value is -4.02. The second-order valence-electron chi connectivity index (χ2n) is 9.23. The molecule has 1 atom stereocenters. The van der Waals surface area contributed by atoms with Crippen molar-refractivity contribution in [3.8, 4) is 0 Å². The molecule has 11 heteroatoms. The number of fused-ring (bicyclic) bond motifs is 5. The normalized spacial score (nSPS) is 17.8. The van der Waals surface area contributed by atoms with E-state index in [9.17, 15) is 19.2 Å². The van der Waals surface area contributed by atoms with Crippen LogP contribution in [0.4, 0.5) is 10.8 Å². The minimum atomic E-state index is -1.88. The molecule has 2 aromatic heterocycles. The summed E-state index contributed by atoms with van der Waals surface area (Å²) in [4.78, 5) is 63.1. The molecule has 0 radical (unpaired) electrons. The van der Waals surface area contributed by atoms with E-state index in [1.54, 1.807) is 49.1 Å². The van der Waals surface area contributed by atoms with Gasteiger partial charge in [-0.3, -0.25) is 19.3 Å². The molecule has 4 aromatic rings. The van der Waals surface area contributed by atoms with Gasteiger partial charge in [-0.2, -0.15) is 0 Å². The van der Waals surface area contributed by atoms with Gasteiger partial charge in [0.15, 0.2) is 16.1 Å². The van der Waals surface area contributed by atoms with Crippen molar-refractivity contribution >= 4 is 62.5 Å². The topological polar surface area (TPSA) is 110 Å². The highest BCUT2D eigenvalue weighted by atomic mass is 35.5. The molecule has 0 fully saturated rings. The second-order valence-corrected chi connectivity index (χ2v) is 10.6. The monoisotopic (exact) mass is 563 g/mol. The maximum atomic E-state index is 14.6. The molecule has 2 aliphatic rings. The number of anilines is 2. The van der Waals surface area contributed by atoms with Crippen LogP contribution in [-0.2, 0) is 15.1 Å². The van der Waals surface area contributed by atoms with Gasteiger partial charge in [0.05, 0.1) is 28.9 Å². The molecule has 0 saturated heterocycles. The largest absolute Gasteiger partial charge is 0.462 e. The molecule has 2 aromatic carbocycles. The lowest BCUT2D eigenvalue weighted by Gasteiger charge is -2.32. The van der Waals surface area contributed by atoms with Gasteiger partial charge in [0.25, 0.3) is 11.8 Å². The average molecular weight is 564 g/mol. The van der Waals surface area contributed by atoms with Crippen LogP contribution in [0.15, 0.2) is 51.7 Å². The molecule has 0 N–H and O–H groups in total. The third-order valence-corrected chi connectivity index (χ3v) is 8.33. The van der Waals surface area contributed by atoms with Gasteiger partial charge in [-0.15, -0.1) is 0 Å². The van der Waals surface area contributed by atoms with Crippen LogP contribution in [0, 0.1) is 6.92 Å². The first-order chi connectivity index (χ1) is 18.7. The highest BCUT2D eigenvalue weighted by Crippen LogP contribution is 2.54. The van der Waals surface area contributed by atoms with E-state index in [-0.39, 0.29) is 38.9 Å². The molecule has 1 unspecified atom stereocenters. The van der Waals surface area contributed by atoms with E-state index < -0.39 is 28.8 Å². The maximum absolute atomic E-state index is 14.6. The first-order valence-electron chi connectivity index (χ1n) is 12.4. The smallest absolute Gasteiger partial charge is 0.350 e. The summed E-state index contributed by atoms with van der Waals surface area (Å²) in [6.45, 7) is 5.78. The Balaban J connectivity index is 1.72. The number of carbonyl (C=O) groups excluding carboxylic acids is 3. The lowest BCUT2D eigenvalue weighted by atomic mass is 9.84. The Labute approximate surface area is 231 Å². The number of hydrogen-bond acceptors (Lipinski definition) is 8. The highest BCUT2D eigenvalue weighted by molar-refractivity contribution is 7.17. The minimum Gasteiger partial charge on any atom is -0.462 e. The fraction of sp³-hybridized carbons (Fsp3) is 0.250. The predicted molar refractivity (Wildman–Crippen MR) is 147 cm³/mol. The Bertz CT molecular complexity index is 1780. The van der Waals surface area contributed by atoms with Gasteiger partial charge < -0.3 is 14.1 Å². The molecule has 0 saturated carbocycles. The number of para-hydroxylation sites is 1. The number of aryl methyl sites for hydroxylation is 1. The van der Waals surface area contributed by atoms with Crippen molar-refractivity contribution in [1.29, 1.82) is 0 Å². The van der Waals surface area contributed by atoms with E-state index in [2.05, 4.69) is 4.98 Å². The minimum absolute atomic E-state index is 0.0787. The Morgan fingerprint density at radius 2 is 1.92 bits per heavy atom.